The van der Waals surface area contributed by atoms with Crippen LogP contribution in [0.3, 0.4) is 0 Å². The molecule has 2 aromatic rings. The van der Waals surface area contributed by atoms with Crippen LogP contribution >= 0.6 is 0 Å². The second-order valence-corrected chi connectivity index (χ2v) is 8.18. The number of nitrogens with zero attached hydrogens (tertiary/aromatic N) is 4. The molecule has 2 aliphatic heterocycles. The lowest BCUT2D eigenvalue weighted by Crippen LogP contribution is -2.62. The Bertz CT molecular complexity index is 1010. The normalized spacial score (nSPS) is 22.6. The minimum Gasteiger partial charge on any atom is -0.338 e. The van der Waals surface area contributed by atoms with Crippen molar-refractivity contribution < 1.29 is 9.59 Å². The van der Waals surface area contributed by atoms with E-state index in [2.05, 4.69) is 4.98 Å². The zero-order chi connectivity index (χ0) is 20.1. The summed E-state index contributed by atoms with van der Waals surface area (Å²) in [5, 5.41) is 0.484. The first-order chi connectivity index (χ1) is 13.3. The third-order valence-corrected chi connectivity index (χ3v) is 6.17. The number of hydrogen-bond acceptors (Lipinski definition) is 4. The highest BCUT2D eigenvalue weighted by molar-refractivity contribution is 6.02. The molecule has 7 heteroatoms. The maximum atomic E-state index is 13.4. The summed E-state index contributed by atoms with van der Waals surface area (Å²) in [5.74, 6) is -0.0757. The summed E-state index contributed by atoms with van der Waals surface area (Å²) in [4.78, 5) is 46.9. The van der Waals surface area contributed by atoms with Crippen molar-refractivity contribution in [2.75, 3.05) is 13.1 Å². The predicted molar refractivity (Wildman–Crippen MR) is 106 cm³/mol. The van der Waals surface area contributed by atoms with Crippen LogP contribution in [0.25, 0.3) is 10.9 Å². The first-order valence-electron chi connectivity index (χ1n) is 9.93. The highest BCUT2D eigenvalue weighted by Gasteiger charge is 2.53. The molecule has 1 spiro atoms. The highest BCUT2D eigenvalue weighted by atomic mass is 16.2. The minimum atomic E-state index is -0.727. The van der Waals surface area contributed by atoms with Crippen molar-refractivity contribution in [3.8, 4) is 0 Å². The molecule has 1 atom stereocenters. The lowest BCUT2D eigenvalue weighted by Gasteiger charge is -2.46. The predicted octanol–water partition coefficient (Wildman–Crippen LogP) is 1.94. The van der Waals surface area contributed by atoms with Gasteiger partial charge in [-0.1, -0.05) is 0 Å². The molecular formula is C21H26N4O3. The van der Waals surface area contributed by atoms with E-state index in [0.29, 0.717) is 35.9 Å². The molecule has 2 amide bonds. The fraction of sp³-hybridized carbons (Fsp3) is 0.524. The van der Waals surface area contributed by atoms with Crippen molar-refractivity contribution in [1.29, 1.82) is 0 Å². The monoisotopic (exact) mass is 382 g/mol. The van der Waals surface area contributed by atoms with Crippen LogP contribution in [0.15, 0.2) is 29.3 Å². The number of benzene rings is 1. The Labute approximate surface area is 163 Å². The molecule has 2 aliphatic rings. The first kappa shape index (κ1) is 18.7. The SMILES string of the molecule is CC(C)N1CCCC2(CCCN2C(=O)c2ccc3c(=O)n(C)cnc3c2)C1=O. The van der Waals surface area contributed by atoms with E-state index in [0.717, 1.165) is 19.4 Å². The van der Waals surface area contributed by atoms with Crippen molar-refractivity contribution in [1.82, 2.24) is 19.4 Å². The third-order valence-electron chi connectivity index (χ3n) is 6.17. The standard InChI is InChI=1S/C21H26N4O3/c1-14(2)24-10-4-8-21(20(24)28)9-5-11-25(21)18(26)15-6-7-16-17(12-15)22-13-23(3)19(16)27/h6-7,12-14H,4-5,8-11H2,1-3H3. The molecule has 0 radical (unpaired) electrons. The van der Waals surface area contributed by atoms with Crippen LogP contribution in [0.1, 0.15) is 49.9 Å². The van der Waals surface area contributed by atoms with Gasteiger partial charge in [-0.15, -0.1) is 0 Å². The van der Waals surface area contributed by atoms with Crippen LogP contribution in [0.4, 0.5) is 0 Å². The number of aromatic nitrogens is 2. The largest absolute Gasteiger partial charge is 0.338 e. The Kier molecular flexibility index (Phi) is 4.48. The van der Waals surface area contributed by atoms with Gasteiger partial charge in [0.2, 0.25) is 5.91 Å². The average Bonchev–Trinajstić information content (AvgIpc) is 3.10. The van der Waals surface area contributed by atoms with E-state index < -0.39 is 5.54 Å². The molecule has 7 nitrogen and oxygen atoms in total. The molecular weight excluding hydrogens is 356 g/mol. The minimum absolute atomic E-state index is 0.0763. The summed E-state index contributed by atoms with van der Waals surface area (Å²) < 4.78 is 1.42. The Hall–Kier alpha value is -2.70. The second-order valence-electron chi connectivity index (χ2n) is 8.18. The molecule has 3 heterocycles. The van der Waals surface area contributed by atoms with Crippen LogP contribution < -0.4 is 5.56 Å². The molecule has 0 N–H and O–H groups in total. The molecule has 0 saturated carbocycles. The van der Waals surface area contributed by atoms with Gasteiger partial charge in [-0.05, 0) is 57.7 Å². The Morgan fingerprint density at radius 1 is 1.14 bits per heavy atom. The number of amides is 2. The number of fused-ring (bicyclic) bond motifs is 1. The summed E-state index contributed by atoms with van der Waals surface area (Å²) in [6, 6.07) is 5.12. The molecule has 2 fully saturated rings. The molecule has 4 rings (SSSR count). The van der Waals surface area contributed by atoms with Crippen molar-refractivity contribution >= 4 is 22.7 Å². The van der Waals surface area contributed by atoms with Crippen molar-refractivity contribution in [3.63, 3.8) is 0 Å². The quantitative estimate of drug-likeness (QED) is 0.795. The van der Waals surface area contributed by atoms with E-state index in [-0.39, 0.29) is 23.4 Å². The van der Waals surface area contributed by atoms with Crippen LogP contribution in [0, 0.1) is 0 Å². The molecule has 1 aromatic carbocycles. The fourth-order valence-corrected chi connectivity index (χ4v) is 4.67. The van der Waals surface area contributed by atoms with Gasteiger partial charge < -0.3 is 14.4 Å². The molecule has 28 heavy (non-hydrogen) atoms. The van der Waals surface area contributed by atoms with Gasteiger partial charge in [-0.3, -0.25) is 14.4 Å². The maximum Gasteiger partial charge on any atom is 0.260 e. The van der Waals surface area contributed by atoms with Gasteiger partial charge in [0.05, 0.1) is 17.2 Å². The lowest BCUT2D eigenvalue weighted by atomic mass is 9.84. The van der Waals surface area contributed by atoms with Crippen LogP contribution in [0.5, 0.6) is 0 Å². The highest BCUT2D eigenvalue weighted by Crippen LogP contribution is 2.39. The van der Waals surface area contributed by atoms with Crippen LogP contribution in [0.2, 0.25) is 0 Å². The third kappa shape index (κ3) is 2.72. The van der Waals surface area contributed by atoms with E-state index in [1.54, 1.807) is 30.1 Å². The smallest absolute Gasteiger partial charge is 0.260 e. The number of carbonyl (C=O) groups excluding carboxylic acids is 2. The summed E-state index contributed by atoms with van der Waals surface area (Å²) in [6.45, 7) is 5.38. The van der Waals surface area contributed by atoms with Crippen molar-refractivity contribution in [2.24, 2.45) is 7.05 Å². The maximum absolute atomic E-state index is 13.4. The van der Waals surface area contributed by atoms with Gasteiger partial charge in [0.25, 0.3) is 11.5 Å². The number of piperidine rings is 1. The Morgan fingerprint density at radius 2 is 1.86 bits per heavy atom. The van der Waals surface area contributed by atoms with Gasteiger partial charge in [-0.2, -0.15) is 0 Å². The van der Waals surface area contributed by atoms with E-state index in [4.69, 9.17) is 0 Å². The Balaban J connectivity index is 1.71. The van der Waals surface area contributed by atoms with Gasteiger partial charge in [-0.25, -0.2) is 4.98 Å². The average molecular weight is 382 g/mol. The number of aryl methyl sites for hydroxylation is 1. The summed E-state index contributed by atoms with van der Waals surface area (Å²) in [5.41, 5.74) is 0.107. The van der Waals surface area contributed by atoms with Gasteiger partial charge in [0.15, 0.2) is 0 Å². The molecule has 0 bridgehead atoms. The van der Waals surface area contributed by atoms with Crippen molar-refractivity contribution in [2.45, 2.75) is 51.1 Å². The molecule has 1 aromatic heterocycles. The van der Waals surface area contributed by atoms with Gasteiger partial charge >= 0.3 is 0 Å². The molecule has 0 aliphatic carbocycles. The number of hydrogen-bond donors (Lipinski definition) is 0. The topological polar surface area (TPSA) is 75.5 Å². The number of likely N-dealkylation sites (tertiary alicyclic amines) is 2. The second kappa shape index (κ2) is 6.72. The van der Waals surface area contributed by atoms with Crippen molar-refractivity contribution in [3.05, 3.63) is 40.4 Å². The summed E-state index contributed by atoms with van der Waals surface area (Å²) in [7, 11) is 1.65. The lowest BCUT2D eigenvalue weighted by molar-refractivity contribution is -0.147. The summed E-state index contributed by atoms with van der Waals surface area (Å²) >= 11 is 0. The van der Waals surface area contributed by atoms with E-state index >= 15 is 0 Å². The first-order valence-corrected chi connectivity index (χ1v) is 9.93. The fourth-order valence-electron chi connectivity index (χ4n) is 4.67. The Morgan fingerprint density at radius 3 is 2.57 bits per heavy atom. The van der Waals surface area contributed by atoms with E-state index in [1.165, 1.54) is 10.9 Å². The van der Waals surface area contributed by atoms with E-state index in [1.807, 2.05) is 18.7 Å². The van der Waals surface area contributed by atoms with Crippen LogP contribution in [-0.4, -0.2) is 55.8 Å². The zero-order valence-electron chi connectivity index (χ0n) is 16.6. The molecule has 1 unspecified atom stereocenters. The summed E-state index contributed by atoms with van der Waals surface area (Å²) in [6.07, 6.45) is 4.63. The zero-order valence-corrected chi connectivity index (χ0v) is 16.6. The number of carbonyl (C=O) groups is 2. The van der Waals surface area contributed by atoms with Crippen LogP contribution in [-0.2, 0) is 11.8 Å². The molecule has 148 valence electrons. The number of rotatable bonds is 2. The van der Waals surface area contributed by atoms with Gasteiger partial charge in [0.1, 0.15) is 5.54 Å². The molecule has 2 saturated heterocycles. The van der Waals surface area contributed by atoms with Gasteiger partial charge in [0, 0.05) is 31.7 Å². The van der Waals surface area contributed by atoms with E-state index in [9.17, 15) is 14.4 Å².